The van der Waals surface area contributed by atoms with Gasteiger partial charge in [0, 0.05) is 17.3 Å². The highest BCUT2D eigenvalue weighted by Crippen LogP contribution is 2.26. The van der Waals surface area contributed by atoms with Crippen LogP contribution in [-0.2, 0) is 0 Å². The molecular weight excluding hydrogens is 317 g/mol. The van der Waals surface area contributed by atoms with Crippen molar-refractivity contribution >= 4 is 17.6 Å². The van der Waals surface area contributed by atoms with E-state index in [0.717, 1.165) is 6.07 Å². The van der Waals surface area contributed by atoms with Gasteiger partial charge in [0.05, 0.1) is 6.20 Å². The minimum Gasteiger partial charge on any atom is -0.711 e. The van der Waals surface area contributed by atoms with Gasteiger partial charge in [-0.15, -0.1) is 0 Å². The number of halogens is 1. The highest BCUT2D eigenvalue weighted by Gasteiger charge is 2.18. The molecule has 2 rings (SSSR count). The summed E-state index contributed by atoms with van der Waals surface area (Å²) >= 11 is 0. The van der Waals surface area contributed by atoms with E-state index in [0.29, 0.717) is 16.8 Å². The summed E-state index contributed by atoms with van der Waals surface area (Å²) in [5.41, 5.74) is 0.325. The third-order valence-corrected chi connectivity index (χ3v) is 3.23. The van der Waals surface area contributed by atoms with Crippen LogP contribution < -0.4 is 15.4 Å². The summed E-state index contributed by atoms with van der Waals surface area (Å²) in [4.78, 5) is 10.5. The lowest BCUT2D eigenvalue weighted by molar-refractivity contribution is -0.590. The summed E-state index contributed by atoms with van der Waals surface area (Å²) in [6, 6.07) is 6.37. The smallest absolute Gasteiger partial charge is 0.409 e. The molecule has 0 saturated carbocycles. The van der Waals surface area contributed by atoms with Crippen molar-refractivity contribution in [3.05, 3.63) is 71.3 Å². The largest absolute Gasteiger partial charge is 0.711 e. The molecule has 0 saturated heterocycles. The number of nitrogens with one attached hydrogen (secondary N) is 2. The molecule has 0 aliphatic rings. The number of carboxylic acid groups (broad SMARTS) is 1. The first-order valence-electron chi connectivity index (χ1n) is 6.97. The molecule has 2 aromatic rings. The lowest BCUT2D eigenvalue weighted by Gasteiger charge is -2.15. The molecule has 24 heavy (non-hydrogen) atoms. The van der Waals surface area contributed by atoms with Crippen LogP contribution in [0.3, 0.4) is 0 Å². The van der Waals surface area contributed by atoms with Crippen LogP contribution >= 0.6 is 0 Å². The molecule has 1 aromatic carbocycles. The second-order valence-electron chi connectivity index (χ2n) is 4.91. The standard InChI is InChI=1S/C16H16FN3O4/c1-2-6-18-14-8-10(5-7-20(14)24)15(21)12-4-3-11(9-13(12)17)19-16(22)23/h2-5,7-9,15,18-19,21H,1,6H2,(H,22,23). The summed E-state index contributed by atoms with van der Waals surface area (Å²) in [5.74, 6) is -0.579. The van der Waals surface area contributed by atoms with Crippen molar-refractivity contribution in [1.82, 2.24) is 0 Å². The fourth-order valence-electron chi connectivity index (χ4n) is 2.11. The second kappa shape index (κ2) is 7.42. The van der Waals surface area contributed by atoms with Gasteiger partial charge in [-0.05, 0) is 23.8 Å². The summed E-state index contributed by atoms with van der Waals surface area (Å²) in [7, 11) is 0. The number of anilines is 2. The van der Waals surface area contributed by atoms with Crippen molar-refractivity contribution in [2.45, 2.75) is 6.10 Å². The Kier molecular flexibility index (Phi) is 5.33. The van der Waals surface area contributed by atoms with Gasteiger partial charge < -0.3 is 15.4 Å². The summed E-state index contributed by atoms with van der Waals surface area (Å²) < 4.78 is 14.7. The normalized spacial score (nSPS) is 11.6. The van der Waals surface area contributed by atoms with Gasteiger partial charge in [-0.3, -0.25) is 10.6 Å². The molecule has 126 valence electrons. The van der Waals surface area contributed by atoms with E-state index in [-0.39, 0.29) is 17.1 Å². The van der Waals surface area contributed by atoms with Gasteiger partial charge in [-0.1, -0.05) is 18.7 Å². The zero-order valence-electron chi connectivity index (χ0n) is 12.6. The van der Waals surface area contributed by atoms with Gasteiger partial charge in [0.15, 0.2) is 0 Å². The summed E-state index contributed by atoms with van der Waals surface area (Å²) in [6.45, 7) is 3.88. The van der Waals surface area contributed by atoms with Crippen LogP contribution in [0, 0.1) is 11.0 Å². The number of nitrogens with zero attached hydrogens (tertiary/aromatic N) is 1. The predicted octanol–water partition coefficient (Wildman–Crippen LogP) is 2.23. The molecule has 1 heterocycles. The molecule has 7 nitrogen and oxygen atoms in total. The third kappa shape index (κ3) is 3.99. The number of carbonyl (C=O) groups is 1. The quantitative estimate of drug-likeness (QED) is 0.368. The summed E-state index contributed by atoms with van der Waals surface area (Å²) in [5, 5.41) is 35.4. The topological polar surface area (TPSA) is 109 Å². The van der Waals surface area contributed by atoms with Gasteiger partial charge in [-0.25, -0.2) is 13.9 Å². The number of benzene rings is 1. The number of aliphatic hydroxyl groups excluding tert-OH is 1. The van der Waals surface area contributed by atoms with Gasteiger partial charge in [0.2, 0.25) is 0 Å². The first-order chi connectivity index (χ1) is 11.4. The van der Waals surface area contributed by atoms with Crippen molar-refractivity contribution in [2.75, 3.05) is 17.2 Å². The predicted molar refractivity (Wildman–Crippen MR) is 86.2 cm³/mol. The van der Waals surface area contributed by atoms with Crippen molar-refractivity contribution in [3.8, 4) is 0 Å². The van der Waals surface area contributed by atoms with E-state index in [9.17, 15) is 19.5 Å². The van der Waals surface area contributed by atoms with E-state index < -0.39 is 18.0 Å². The maximum absolute atomic E-state index is 14.1. The Balaban J connectivity index is 2.29. The molecule has 1 unspecified atom stereocenters. The van der Waals surface area contributed by atoms with Crippen LogP contribution in [0.2, 0.25) is 0 Å². The van der Waals surface area contributed by atoms with Crippen molar-refractivity contribution < 1.29 is 24.1 Å². The number of hydrogen-bond acceptors (Lipinski definition) is 4. The Bertz CT molecular complexity index is 767. The Morgan fingerprint density at radius 1 is 1.42 bits per heavy atom. The van der Waals surface area contributed by atoms with Crippen LogP contribution in [0.25, 0.3) is 0 Å². The van der Waals surface area contributed by atoms with Gasteiger partial charge in [-0.2, -0.15) is 0 Å². The number of pyridine rings is 1. The molecule has 0 bridgehead atoms. The van der Waals surface area contributed by atoms with Crippen LogP contribution in [0.1, 0.15) is 17.2 Å². The maximum atomic E-state index is 14.1. The van der Waals surface area contributed by atoms with Gasteiger partial charge >= 0.3 is 6.09 Å². The average molecular weight is 333 g/mol. The van der Waals surface area contributed by atoms with Gasteiger partial charge in [0.1, 0.15) is 18.5 Å². The Morgan fingerprint density at radius 3 is 2.79 bits per heavy atom. The van der Waals surface area contributed by atoms with E-state index in [4.69, 9.17) is 5.11 Å². The van der Waals surface area contributed by atoms with Crippen LogP contribution in [-0.4, -0.2) is 22.9 Å². The monoisotopic (exact) mass is 333 g/mol. The molecule has 1 amide bonds. The average Bonchev–Trinajstić information content (AvgIpc) is 2.53. The minimum absolute atomic E-state index is 0.0377. The highest BCUT2D eigenvalue weighted by molar-refractivity contribution is 5.82. The number of aromatic nitrogens is 1. The highest BCUT2D eigenvalue weighted by atomic mass is 19.1. The number of hydrogen-bond donors (Lipinski definition) is 4. The maximum Gasteiger partial charge on any atom is 0.409 e. The number of aliphatic hydroxyl groups is 1. The van der Waals surface area contributed by atoms with E-state index in [1.165, 1.54) is 30.5 Å². The Hall–Kier alpha value is -3.13. The van der Waals surface area contributed by atoms with E-state index in [1.54, 1.807) is 6.08 Å². The minimum atomic E-state index is -1.32. The van der Waals surface area contributed by atoms with E-state index >= 15 is 0 Å². The molecule has 0 fully saturated rings. The molecule has 4 N–H and O–H groups in total. The SMILES string of the molecule is C=CCNc1cc(C(O)c2ccc(NC(=O)O)cc2F)cc[n+]1[O-]. The first kappa shape index (κ1) is 17.2. The molecule has 8 heteroatoms. The zero-order valence-corrected chi connectivity index (χ0v) is 12.6. The molecule has 1 atom stereocenters. The Morgan fingerprint density at radius 2 is 2.17 bits per heavy atom. The fraction of sp³-hybridized carbons (Fsp3) is 0.125. The Labute approximate surface area is 137 Å². The fourth-order valence-corrected chi connectivity index (χ4v) is 2.11. The molecule has 0 aliphatic heterocycles. The van der Waals surface area contributed by atoms with Crippen LogP contribution in [0.5, 0.6) is 0 Å². The second-order valence-corrected chi connectivity index (χ2v) is 4.91. The van der Waals surface area contributed by atoms with Crippen molar-refractivity contribution in [1.29, 1.82) is 0 Å². The molecule has 1 aromatic heterocycles. The molecule has 0 aliphatic carbocycles. The van der Waals surface area contributed by atoms with Crippen molar-refractivity contribution in [3.63, 3.8) is 0 Å². The zero-order chi connectivity index (χ0) is 17.7. The van der Waals surface area contributed by atoms with Crippen molar-refractivity contribution in [2.24, 2.45) is 0 Å². The molecule has 0 radical (unpaired) electrons. The lowest BCUT2D eigenvalue weighted by Crippen LogP contribution is -2.30. The first-order valence-corrected chi connectivity index (χ1v) is 6.97. The van der Waals surface area contributed by atoms with Gasteiger partial charge in [0.25, 0.3) is 5.82 Å². The summed E-state index contributed by atoms with van der Waals surface area (Å²) in [6.07, 6.45) is 0.136. The lowest BCUT2D eigenvalue weighted by atomic mass is 10.0. The van der Waals surface area contributed by atoms with E-state index in [2.05, 4.69) is 11.9 Å². The van der Waals surface area contributed by atoms with E-state index in [1.807, 2.05) is 5.32 Å². The number of rotatable bonds is 6. The molecule has 0 spiro atoms. The number of amides is 1. The third-order valence-electron chi connectivity index (χ3n) is 3.23. The van der Waals surface area contributed by atoms with Crippen LogP contribution in [0.15, 0.2) is 49.2 Å². The van der Waals surface area contributed by atoms with Crippen LogP contribution in [0.4, 0.5) is 20.7 Å². The molecular formula is C16H16FN3O4.